The van der Waals surface area contributed by atoms with E-state index in [1.807, 2.05) is 32.0 Å². The van der Waals surface area contributed by atoms with Gasteiger partial charge in [0.2, 0.25) is 10.0 Å². The third-order valence-electron chi connectivity index (χ3n) is 5.42. The van der Waals surface area contributed by atoms with Crippen LogP contribution in [0.3, 0.4) is 0 Å². The monoisotopic (exact) mass is 400 g/mol. The Hall–Kier alpha value is -2.18. The van der Waals surface area contributed by atoms with Crippen molar-refractivity contribution in [2.45, 2.75) is 39.0 Å². The zero-order valence-electron chi connectivity index (χ0n) is 16.9. The Bertz CT molecular complexity index is 975. The lowest BCUT2D eigenvalue weighted by Crippen LogP contribution is -2.42. The van der Waals surface area contributed by atoms with E-state index in [-0.39, 0.29) is 10.8 Å². The number of aryl methyl sites for hydroxylation is 1. The molecule has 1 aliphatic heterocycles. The van der Waals surface area contributed by atoms with Crippen molar-refractivity contribution in [1.82, 2.24) is 4.31 Å². The van der Waals surface area contributed by atoms with Gasteiger partial charge in [-0.05, 0) is 67.5 Å². The summed E-state index contributed by atoms with van der Waals surface area (Å²) in [6, 6.07) is 12.0. The molecule has 1 amide bonds. The van der Waals surface area contributed by atoms with Gasteiger partial charge in [-0.1, -0.05) is 32.0 Å². The lowest BCUT2D eigenvalue weighted by atomic mass is 9.94. The van der Waals surface area contributed by atoms with Crippen molar-refractivity contribution >= 4 is 21.6 Å². The topological polar surface area (TPSA) is 66.5 Å². The van der Waals surface area contributed by atoms with Crippen LogP contribution in [0.4, 0.5) is 5.69 Å². The third-order valence-corrected chi connectivity index (χ3v) is 7.25. The summed E-state index contributed by atoms with van der Waals surface area (Å²) >= 11 is 0. The van der Waals surface area contributed by atoms with E-state index < -0.39 is 10.0 Å². The lowest BCUT2D eigenvalue weighted by molar-refractivity contribution is 0.102. The maximum absolute atomic E-state index is 13.1. The average molecular weight is 401 g/mol. The van der Waals surface area contributed by atoms with Gasteiger partial charge in [0.05, 0.1) is 4.90 Å². The fourth-order valence-electron chi connectivity index (χ4n) is 3.83. The first-order chi connectivity index (χ1) is 13.2. The van der Waals surface area contributed by atoms with Crippen molar-refractivity contribution in [3.63, 3.8) is 0 Å². The molecule has 0 radical (unpaired) electrons. The standard InChI is InChI=1S/C22H28N2O3S/c1-15-11-16(2)14-24(13-15)28(26,27)20-9-6-8-19(12-20)22(25)23-21-10-5-7-17(3)18(21)4/h5-10,12,15-16H,11,13-14H2,1-4H3,(H,23,25)/t15-,16-/m1/s1. The van der Waals surface area contributed by atoms with Crippen LogP contribution in [0, 0.1) is 25.7 Å². The van der Waals surface area contributed by atoms with Gasteiger partial charge in [0.1, 0.15) is 0 Å². The molecule has 0 saturated carbocycles. The SMILES string of the molecule is Cc1cccc(NC(=O)c2cccc(S(=O)(=O)N3C[C@H](C)C[C@@H](C)C3)c2)c1C. The first kappa shape index (κ1) is 20.6. The summed E-state index contributed by atoms with van der Waals surface area (Å²) in [5.74, 6) is 0.342. The zero-order chi connectivity index (χ0) is 20.5. The summed E-state index contributed by atoms with van der Waals surface area (Å²) in [5.41, 5.74) is 3.15. The summed E-state index contributed by atoms with van der Waals surface area (Å²) in [4.78, 5) is 12.9. The second-order valence-electron chi connectivity index (χ2n) is 8.00. The van der Waals surface area contributed by atoms with Crippen molar-refractivity contribution < 1.29 is 13.2 Å². The Kier molecular flexibility index (Phi) is 5.91. The maximum atomic E-state index is 13.1. The molecule has 0 bridgehead atoms. The smallest absolute Gasteiger partial charge is 0.255 e. The number of rotatable bonds is 4. The highest BCUT2D eigenvalue weighted by Crippen LogP contribution is 2.27. The van der Waals surface area contributed by atoms with Crippen LogP contribution in [0.1, 0.15) is 41.8 Å². The number of nitrogens with one attached hydrogen (secondary N) is 1. The van der Waals surface area contributed by atoms with Gasteiger partial charge in [-0.25, -0.2) is 8.42 Å². The van der Waals surface area contributed by atoms with Crippen LogP contribution in [0.5, 0.6) is 0 Å². The molecule has 2 atom stereocenters. The highest BCUT2D eigenvalue weighted by atomic mass is 32.2. The van der Waals surface area contributed by atoms with Crippen LogP contribution in [-0.4, -0.2) is 31.7 Å². The molecule has 5 nitrogen and oxygen atoms in total. The van der Waals surface area contributed by atoms with Crippen LogP contribution in [0.25, 0.3) is 0 Å². The second-order valence-corrected chi connectivity index (χ2v) is 9.94. The molecule has 2 aromatic rings. The van der Waals surface area contributed by atoms with E-state index in [1.165, 1.54) is 6.07 Å². The van der Waals surface area contributed by atoms with Crippen LogP contribution in [0.15, 0.2) is 47.4 Å². The Morgan fingerprint density at radius 1 is 1.04 bits per heavy atom. The molecule has 1 N–H and O–H groups in total. The minimum atomic E-state index is -3.62. The van der Waals surface area contributed by atoms with E-state index in [4.69, 9.17) is 0 Å². The predicted octanol–water partition coefficient (Wildman–Crippen LogP) is 4.22. The number of anilines is 1. The molecule has 28 heavy (non-hydrogen) atoms. The van der Waals surface area contributed by atoms with Gasteiger partial charge in [-0.3, -0.25) is 4.79 Å². The Morgan fingerprint density at radius 3 is 2.36 bits per heavy atom. The van der Waals surface area contributed by atoms with Crippen molar-refractivity contribution in [3.05, 3.63) is 59.2 Å². The van der Waals surface area contributed by atoms with Gasteiger partial charge in [0.15, 0.2) is 0 Å². The molecule has 1 aliphatic rings. The lowest BCUT2D eigenvalue weighted by Gasteiger charge is -2.34. The first-order valence-electron chi connectivity index (χ1n) is 9.66. The molecule has 3 rings (SSSR count). The number of benzene rings is 2. The van der Waals surface area contributed by atoms with Crippen molar-refractivity contribution in [2.75, 3.05) is 18.4 Å². The first-order valence-corrected chi connectivity index (χ1v) is 11.1. The number of hydrogen-bond donors (Lipinski definition) is 1. The van der Waals surface area contributed by atoms with E-state index in [2.05, 4.69) is 19.2 Å². The molecule has 1 heterocycles. The van der Waals surface area contributed by atoms with Gasteiger partial charge in [0.25, 0.3) is 5.91 Å². The molecule has 1 fully saturated rings. The fourth-order valence-corrected chi connectivity index (χ4v) is 5.56. The molecule has 0 unspecified atom stereocenters. The third kappa shape index (κ3) is 4.28. The van der Waals surface area contributed by atoms with Gasteiger partial charge in [-0.15, -0.1) is 0 Å². The van der Waals surface area contributed by atoms with Crippen molar-refractivity contribution in [3.8, 4) is 0 Å². The minimum absolute atomic E-state index is 0.169. The molecule has 0 aromatic heterocycles. The van der Waals surface area contributed by atoms with E-state index >= 15 is 0 Å². The average Bonchev–Trinajstić information content (AvgIpc) is 2.64. The summed E-state index contributed by atoms with van der Waals surface area (Å²) in [6.07, 6.45) is 1.03. The van der Waals surface area contributed by atoms with Crippen LogP contribution in [-0.2, 0) is 10.0 Å². The number of amides is 1. The van der Waals surface area contributed by atoms with E-state index in [1.54, 1.807) is 22.5 Å². The van der Waals surface area contributed by atoms with Crippen LogP contribution >= 0.6 is 0 Å². The highest BCUT2D eigenvalue weighted by Gasteiger charge is 2.32. The Morgan fingerprint density at radius 2 is 1.68 bits per heavy atom. The molecular weight excluding hydrogens is 372 g/mol. The minimum Gasteiger partial charge on any atom is -0.322 e. The summed E-state index contributed by atoms with van der Waals surface area (Å²) < 4.78 is 27.8. The van der Waals surface area contributed by atoms with E-state index in [0.29, 0.717) is 30.5 Å². The summed E-state index contributed by atoms with van der Waals surface area (Å²) in [5, 5.41) is 2.89. The normalized spacial score (nSPS) is 20.7. The number of carbonyl (C=O) groups is 1. The van der Waals surface area contributed by atoms with Gasteiger partial charge >= 0.3 is 0 Å². The van der Waals surface area contributed by atoms with Crippen molar-refractivity contribution in [2.24, 2.45) is 11.8 Å². The van der Waals surface area contributed by atoms with Gasteiger partial charge < -0.3 is 5.32 Å². The quantitative estimate of drug-likeness (QED) is 0.835. The number of hydrogen-bond acceptors (Lipinski definition) is 3. The fraction of sp³-hybridized carbons (Fsp3) is 0.409. The van der Waals surface area contributed by atoms with E-state index in [0.717, 1.165) is 23.2 Å². The summed E-state index contributed by atoms with van der Waals surface area (Å²) in [7, 11) is -3.62. The predicted molar refractivity (Wildman–Crippen MR) is 112 cm³/mol. The van der Waals surface area contributed by atoms with E-state index in [9.17, 15) is 13.2 Å². The van der Waals surface area contributed by atoms with Gasteiger partial charge in [0, 0.05) is 24.3 Å². The number of piperidine rings is 1. The van der Waals surface area contributed by atoms with Crippen LogP contribution < -0.4 is 5.32 Å². The van der Waals surface area contributed by atoms with Crippen molar-refractivity contribution in [1.29, 1.82) is 0 Å². The molecule has 150 valence electrons. The maximum Gasteiger partial charge on any atom is 0.255 e. The highest BCUT2D eigenvalue weighted by molar-refractivity contribution is 7.89. The Balaban J connectivity index is 1.85. The zero-order valence-corrected chi connectivity index (χ0v) is 17.7. The largest absolute Gasteiger partial charge is 0.322 e. The molecule has 6 heteroatoms. The molecule has 1 saturated heterocycles. The van der Waals surface area contributed by atoms with Gasteiger partial charge in [-0.2, -0.15) is 4.31 Å². The molecule has 0 aliphatic carbocycles. The number of nitrogens with zero attached hydrogens (tertiary/aromatic N) is 1. The molecule has 2 aromatic carbocycles. The molecular formula is C22H28N2O3S. The number of carbonyl (C=O) groups excluding carboxylic acids is 1. The second kappa shape index (κ2) is 8.05. The number of sulfonamides is 1. The molecule has 0 spiro atoms. The summed E-state index contributed by atoms with van der Waals surface area (Å²) in [6.45, 7) is 9.12. The van der Waals surface area contributed by atoms with Crippen LogP contribution in [0.2, 0.25) is 0 Å². The Labute approximate surface area is 167 Å².